The van der Waals surface area contributed by atoms with Crippen molar-refractivity contribution in [1.82, 2.24) is 4.31 Å². The fourth-order valence-electron chi connectivity index (χ4n) is 3.01. The third-order valence-corrected chi connectivity index (χ3v) is 7.93. The lowest BCUT2D eigenvalue weighted by Gasteiger charge is -2.26. The monoisotopic (exact) mass is 464 g/mol. The van der Waals surface area contributed by atoms with Crippen molar-refractivity contribution in [1.29, 1.82) is 0 Å². The standard InChI is InChI=1S/C21H24N2O6S2/c1-22(21(24)12-5-17-3-8-19(9-4-17)30(2,25)26)18-6-10-20(11-7-18)31(27,28)23-13-15-29-16-14-23/h3-12H,13-16H2,1-2H3. The highest BCUT2D eigenvalue weighted by Gasteiger charge is 2.26. The minimum Gasteiger partial charge on any atom is -0.379 e. The third-order valence-electron chi connectivity index (χ3n) is 4.89. The van der Waals surface area contributed by atoms with Crippen LogP contribution in [0.4, 0.5) is 5.69 Å². The molecule has 0 bridgehead atoms. The summed E-state index contributed by atoms with van der Waals surface area (Å²) in [7, 11) is -5.28. The molecule has 2 aromatic rings. The van der Waals surface area contributed by atoms with Crippen molar-refractivity contribution in [3.8, 4) is 0 Å². The van der Waals surface area contributed by atoms with Crippen molar-refractivity contribution in [3.63, 3.8) is 0 Å². The summed E-state index contributed by atoms with van der Waals surface area (Å²) in [4.78, 5) is 14.2. The predicted molar refractivity (Wildman–Crippen MR) is 118 cm³/mol. The first-order valence-electron chi connectivity index (χ1n) is 9.53. The summed E-state index contributed by atoms with van der Waals surface area (Å²) < 4.78 is 55.0. The molecule has 31 heavy (non-hydrogen) atoms. The van der Waals surface area contributed by atoms with Gasteiger partial charge in [-0.05, 0) is 48.0 Å². The number of carbonyl (C=O) groups is 1. The fraction of sp³-hybridized carbons (Fsp3) is 0.286. The minimum absolute atomic E-state index is 0.167. The summed E-state index contributed by atoms with van der Waals surface area (Å²) in [6, 6.07) is 12.3. The van der Waals surface area contributed by atoms with Gasteiger partial charge in [-0.15, -0.1) is 0 Å². The van der Waals surface area contributed by atoms with E-state index in [1.54, 1.807) is 37.4 Å². The quantitative estimate of drug-likeness (QED) is 0.604. The van der Waals surface area contributed by atoms with E-state index >= 15 is 0 Å². The molecule has 1 aliphatic heterocycles. The maximum Gasteiger partial charge on any atom is 0.250 e. The van der Waals surface area contributed by atoms with Gasteiger partial charge < -0.3 is 9.64 Å². The van der Waals surface area contributed by atoms with Gasteiger partial charge in [-0.3, -0.25) is 4.79 Å². The Morgan fingerprint density at radius 2 is 1.48 bits per heavy atom. The molecule has 2 aromatic carbocycles. The van der Waals surface area contributed by atoms with Gasteiger partial charge in [-0.25, -0.2) is 16.8 Å². The van der Waals surface area contributed by atoms with Crippen LogP contribution in [-0.2, 0) is 29.4 Å². The number of carbonyl (C=O) groups excluding carboxylic acids is 1. The smallest absolute Gasteiger partial charge is 0.250 e. The third kappa shape index (κ3) is 5.59. The van der Waals surface area contributed by atoms with Crippen LogP contribution < -0.4 is 4.90 Å². The van der Waals surface area contributed by atoms with E-state index in [0.29, 0.717) is 37.6 Å². The zero-order valence-electron chi connectivity index (χ0n) is 17.3. The lowest BCUT2D eigenvalue weighted by molar-refractivity contribution is -0.113. The number of nitrogens with zero attached hydrogens (tertiary/aromatic N) is 2. The van der Waals surface area contributed by atoms with E-state index in [9.17, 15) is 21.6 Å². The second kappa shape index (κ2) is 9.31. The van der Waals surface area contributed by atoms with E-state index in [4.69, 9.17) is 4.74 Å². The predicted octanol–water partition coefficient (Wildman–Crippen LogP) is 1.79. The number of hydrogen-bond donors (Lipinski definition) is 0. The van der Waals surface area contributed by atoms with Crippen LogP contribution in [0.1, 0.15) is 5.56 Å². The molecule has 0 aliphatic carbocycles. The van der Waals surface area contributed by atoms with Gasteiger partial charge in [0.25, 0.3) is 5.91 Å². The van der Waals surface area contributed by atoms with Crippen LogP contribution in [0, 0.1) is 0 Å². The van der Waals surface area contributed by atoms with Crippen molar-refractivity contribution < 1.29 is 26.4 Å². The lowest BCUT2D eigenvalue weighted by atomic mass is 10.2. The van der Waals surface area contributed by atoms with E-state index in [-0.39, 0.29) is 15.7 Å². The first kappa shape index (κ1) is 23.1. The molecule has 10 heteroatoms. The average molecular weight is 465 g/mol. The highest BCUT2D eigenvalue weighted by atomic mass is 32.2. The number of hydrogen-bond acceptors (Lipinski definition) is 6. The van der Waals surface area contributed by atoms with Gasteiger partial charge in [0, 0.05) is 38.2 Å². The Bertz CT molecular complexity index is 1170. The van der Waals surface area contributed by atoms with Crippen LogP contribution in [0.2, 0.25) is 0 Å². The van der Waals surface area contributed by atoms with Crippen molar-refractivity contribution >= 4 is 37.5 Å². The molecule has 0 radical (unpaired) electrons. The van der Waals surface area contributed by atoms with Crippen molar-refractivity contribution in [3.05, 3.63) is 60.2 Å². The van der Waals surface area contributed by atoms with Gasteiger partial charge in [0.1, 0.15) is 0 Å². The van der Waals surface area contributed by atoms with Gasteiger partial charge in [-0.1, -0.05) is 12.1 Å². The summed E-state index contributed by atoms with van der Waals surface area (Å²) in [5, 5.41) is 0. The average Bonchev–Trinajstić information content (AvgIpc) is 2.77. The maximum atomic E-state index is 12.7. The number of sulfone groups is 1. The molecule has 0 unspecified atom stereocenters. The number of benzene rings is 2. The number of morpholine rings is 1. The van der Waals surface area contributed by atoms with Gasteiger partial charge in [0.15, 0.2) is 9.84 Å². The molecule has 0 N–H and O–H groups in total. The summed E-state index contributed by atoms with van der Waals surface area (Å²) >= 11 is 0. The number of anilines is 1. The molecule has 166 valence electrons. The van der Waals surface area contributed by atoms with Crippen LogP contribution >= 0.6 is 0 Å². The molecule has 3 rings (SSSR count). The largest absolute Gasteiger partial charge is 0.379 e. The zero-order valence-corrected chi connectivity index (χ0v) is 18.9. The Balaban J connectivity index is 1.68. The molecule has 0 atom stereocenters. The zero-order chi connectivity index (χ0) is 22.6. The second-order valence-electron chi connectivity index (χ2n) is 7.08. The first-order chi connectivity index (χ1) is 14.6. The van der Waals surface area contributed by atoms with Crippen LogP contribution in [0.3, 0.4) is 0 Å². The van der Waals surface area contributed by atoms with Crippen LogP contribution in [-0.4, -0.2) is 66.7 Å². The molecule has 0 aromatic heterocycles. The van der Waals surface area contributed by atoms with E-state index in [0.717, 1.165) is 6.26 Å². The van der Waals surface area contributed by atoms with Crippen LogP contribution in [0.5, 0.6) is 0 Å². The fourth-order valence-corrected chi connectivity index (χ4v) is 5.05. The molecule has 0 spiro atoms. The normalized spacial score (nSPS) is 15.8. The Kier molecular flexibility index (Phi) is 6.95. The van der Waals surface area contributed by atoms with Crippen LogP contribution in [0.15, 0.2) is 64.4 Å². The molecule has 1 amide bonds. The van der Waals surface area contributed by atoms with Crippen molar-refractivity contribution in [2.75, 3.05) is 44.5 Å². The van der Waals surface area contributed by atoms with Crippen molar-refractivity contribution in [2.24, 2.45) is 0 Å². The Morgan fingerprint density at radius 3 is 2.03 bits per heavy atom. The second-order valence-corrected chi connectivity index (χ2v) is 11.0. The first-order valence-corrected chi connectivity index (χ1v) is 12.9. The van der Waals surface area contributed by atoms with Gasteiger partial charge >= 0.3 is 0 Å². The highest BCUT2D eigenvalue weighted by molar-refractivity contribution is 7.90. The number of ether oxygens (including phenoxy) is 1. The molecule has 0 saturated carbocycles. The summed E-state index contributed by atoms with van der Waals surface area (Å²) in [5.74, 6) is -0.309. The summed E-state index contributed by atoms with van der Waals surface area (Å²) in [6.07, 6.45) is 4.09. The number of sulfonamides is 1. The van der Waals surface area contributed by atoms with Gasteiger partial charge in [0.05, 0.1) is 23.0 Å². The lowest BCUT2D eigenvalue weighted by Crippen LogP contribution is -2.40. The number of amides is 1. The van der Waals surface area contributed by atoms with Gasteiger partial charge in [0.2, 0.25) is 10.0 Å². The van der Waals surface area contributed by atoms with Gasteiger partial charge in [-0.2, -0.15) is 4.31 Å². The number of likely N-dealkylation sites (N-methyl/N-ethyl adjacent to an activating group) is 1. The topological polar surface area (TPSA) is 101 Å². The summed E-state index contributed by atoms with van der Waals surface area (Å²) in [5.41, 5.74) is 1.23. The van der Waals surface area contributed by atoms with E-state index in [1.165, 1.54) is 39.5 Å². The Hall–Kier alpha value is -2.53. The SMILES string of the molecule is CN(C(=O)C=Cc1ccc(S(C)(=O)=O)cc1)c1ccc(S(=O)(=O)N2CCOCC2)cc1. The molecular weight excluding hydrogens is 440 g/mol. The molecule has 1 saturated heterocycles. The molecule has 1 aliphatic rings. The molecular formula is C21H24N2O6S2. The summed E-state index contributed by atoms with van der Waals surface area (Å²) in [6.45, 7) is 1.38. The molecule has 1 fully saturated rings. The Labute approximate surface area is 182 Å². The van der Waals surface area contributed by atoms with E-state index < -0.39 is 19.9 Å². The van der Waals surface area contributed by atoms with E-state index in [1.807, 2.05) is 0 Å². The number of rotatable bonds is 6. The van der Waals surface area contributed by atoms with E-state index in [2.05, 4.69) is 0 Å². The Morgan fingerprint density at radius 1 is 0.935 bits per heavy atom. The van der Waals surface area contributed by atoms with Crippen LogP contribution in [0.25, 0.3) is 6.08 Å². The highest BCUT2D eigenvalue weighted by Crippen LogP contribution is 2.21. The van der Waals surface area contributed by atoms with Crippen molar-refractivity contribution in [2.45, 2.75) is 9.79 Å². The minimum atomic E-state index is -3.59. The molecule has 1 heterocycles. The molecule has 8 nitrogen and oxygen atoms in total. The maximum absolute atomic E-state index is 12.7.